The van der Waals surface area contributed by atoms with Gasteiger partial charge in [0.2, 0.25) is 0 Å². The monoisotopic (exact) mass is 583 g/mol. The Bertz CT molecular complexity index is 1430. The number of nitrogens with zero attached hydrogens (tertiary/aromatic N) is 5. The molecule has 0 aliphatic heterocycles. The number of halogens is 1. The van der Waals surface area contributed by atoms with E-state index < -0.39 is 22.3 Å². The highest BCUT2D eigenvalue weighted by molar-refractivity contribution is 6.76. The summed E-state index contributed by atoms with van der Waals surface area (Å²) in [7, 11) is -2.48. The van der Waals surface area contributed by atoms with E-state index in [4.69, 9.17) is 9.47 Å². The maximum absolute atomic E-state index is 15.6. The molecule has 0 amide bonds. The lowest BCUT2D eigenvalue weighted by Gasteiger charge is -2.26. The van der Waals surface area contributed by atoms with E-state index in [0.29, 0.717) is 41.1 Å². The van der Waals surface area contributed by atoms with Gasteiger partial charge in [0.1, 0.15) is 19.3 Å². The minimum atomic E-state index is -1.24. The molecule has 8 nitrogen and oxygen atoms in total. The van der Waals surface area contributed by atoms with Crippen LogP contribution < -0.4 is 4.90 Å². The predicted octanol–water partition coefficient (Wildman–Crippen LogP) is 6.57. The number of hydrogen-bond acceptors (Lipinski definition) is 7. The summed E-state index contributed by atoms with van der Waals surface area (Å²) in [5.41, 5.74) is 3.77. The number of anilines is 1. The number of aromatic nitrogens is 4. The summed E-state index contributed by atoms with van der Waals surface area (Å²) in [5, 5.41) is 15.0. The quantitative estimate of drug-likeness (QED) is 0.108. The molecule has 1 unspecified atom stereocenters. The van der Waals surface area contributed by atoms with Gasteiger partial charge in [-0.05, 0) is 43.3 Å². The first-order chi connectivity index (χ1) is 18.8. The fourth-order valence-corrected chi connectivity index (χ4v) is 5.64. The van der Waals surface area contributed by atoms with Crippen molar-refractivity contribution in [1.29, 1.82) is 0 Å². The van der Waals surface area contributed by atoms with Crippen molar-refractivity contribution in [2.45, 2.75) is 64.4 Å². The van der Waals surface area contributed by atoms with Crippen LogP contribution in [-0.4, -0.2) is 67.5 Å². The van der Waals surface area contributed by atoms with E-state index in [1.54, 1.807) is 42.2 Å². The largest absolute Gasteiger partial charge is 0.387 e. The smallest absolute Gasteiger partial charge is 0.163 e. The number of aliphatic hydroxyl groups is 1. The summed E-state index contributed by atoms with van der Waals surface area (Å²) >= 11 is 0. The normalized spacial score (nSPS) is 13.3. The Morgan fingerprint density at radius 3 is 2.23 bits per heavy atom. The van der Waals surface area contributed by atoms with Gasteiger partial charge in [-0.3, -0.25) is 4.98 Å². The van der Waals surface area contributed by atoms with E-state index in [9.17, 15) is 5.11 Å². The minimum Gasteiger partial charge on any atom is -0.387 e. The van der Waals surface area contributed by atoms with Crippen molar-refractivity contribution in [3.8, 4) is 11.1 Å². The number of benzene rings is 1. The van der Waals surface area contributed by atoms with Crippen molar-refractivity contribution in [3.63, 3.8) is 0 Å². The molecule has 1 N–H and O–H groups in total. The minimum absolute atomic E-state index is 0.248. The van der Waals surface area contributed by atoms with Crippen LogP contribution in [0.5, 0.6) is 0 Å². The molecule has 1 aromatic carbocycles. The van der Waals surface area contributed by atoms with E-state index >= 15 is 4.39 Å². The molecule has 40 heavy (non-hydrogen) atoms. The Labute approximate surface area is 238 Å². The lowest BCUT2D eigenvalue weighted by molar-refractivity contribution is 0.0947. The van der Waals surface area contributed by atoms with Crippen LogP contribution in [0.1, 0.15) is 18.7 Å². The van der Waals surface area contributed by atoms with E-state index in [2.05, 4.69) is 54.3 Å². The van der Waals surface area contributed by atoms with Crippen LogP contribution in [0, 0.1) is 5.82 Å². The molecular weight excluding hydrogens is 542 g/mol. The third-order valence-corrected chi connectivity index (χ3v) is 10.1. The molecule has 3 aromatic heterocycles. The molecule has 4 aromatic rings. The molecule has 0 saturated carbocycles. The topological polar surface area (TPSA) is 85.0 Å². The molecule has 0 bridgehead atoms. The molecule has 4 rings (SSSR count). The van der Waals surface area contributed by atoms with Crippen molar-refractivity contribution >= 4 is 38.4 Å². The maximum atomic E-state index is 15.6. The first-order valence-corrected chi connectivity index (χ1v) is 21.2. The first-order valence-electron chi connectivity index (χ1n) is 13.8. The summed E-state index contributed by atoms with van der Waals surface area (Å²) in [5.74, 6) is -0.358. The van der Waals surface area contributed by atoms with Crippen LogP contribution in [0.15, 0.2) is 42.9 Å². The molecule has 216 valence electrons. The van der Waals surface area contributed by atoms with Gasteiger partial charge >= 0.3 is 0 Å². The zero-order valence-corrected chi connectivity index (χ0v) is 26.7. The van der Waals surface area contributed by atoms with Crippen LogP contribution in [0.2, 0.25) is 51.4 Å². The number of aliphatic hydroxyl groups excluding tert-OH is 1. The van der Waals surface area contributed by atoms with Gasteiger partial charge in [0.15, 0.2) is 5.65 Å². The Kier molecular flexibility index (Phi) is 9.41. The van der Waals surface area contributed by atoms with Gasteiger partial charge in [-0.2, -0.15) is 5.10 Å². The predicted molar refractivity (Wildman–Crippen MR) is 165 cm³/mol. The Morgan fingerprint density at radius 1 is 0.975 bits per heavy atom. The molecular formula is C29H42FN5O3Si2. The van der Waals surface area contributed by atoms with Gasteiger partial charge in [0, 0.05) is 58.3 Å². The van der Waals surface area contributed by atoms with E-state index in [-0.39, 0.29) is 19.3 Å². The van der Waals surface area contributed by atoms with E-state index in [0.717, 1.165) is 23.2 Å². The summed E-state index contributed by atoms with van der Waals surface area (Å²) < 4.78 is 29.3. The molecule has 1 atom stereocenters. The molecule has 0 fully saturated rings. The molecule has 0 aliphatic carbocycles. The lowest BCUT2D eigenvalue weighted by atomic mass is 10.1. The Balaban J connectivity index is 1.60. The molecule has 3 heterocycles. The number of rotatable bonds is 13. The van der Waals surface area contributed by atoms with Crippen molar-refractivity contribution in [3.05, 3.63) is 54.4 Å². The second kappa shape index (κ2) is 12.4. The van der Waals surface area contributed by atoms with Crippen LogP contribution in [0.3, 0.4) is 0 Å². The number of hydrogen-bond donors (Lipinski definition) is 1. The van der Waals surface area contributed by atoms with Gasteiger partial charge in [-0.15, -0.1) is 0 Å². The van der Waals surface area contributed by atoms with Crippen LogP contribution >= 0.6 is 0 Å². The fourth-order valence-electron chi connectivity index (χ4n) is 4.13. The zero-order chi connectivity index (χ0) is 29.1. The van der Waals surface area contributed by atoms with Gasteiger partial charge in [0.05, 0.1) is 29.2 Å². The zero-order valence-electron chi connectivity index (χ0n) is 24.7. The van der Waals surface area contributed by atoms with Gasteiger partial charge in [0.25, 0.3) is 0 Å². The highest BCUT2D eigenvalue weighted by atomic mass is 28.3. The third-order valence-electron chi connectivity index (χ3n) is 6.71. The van der Waals surface area contributed by atoms with Gasteiger partial charge in [-0.25, -0.2) is 13.9 Å². The summed E-state index contributed by atoms with van der Waals surface area (Å²) in [4.78, 5) is 11.0. The Hall–Kier alpha value is -2.71. The second-order valence-electron chi connectivity index (χ2n) is 12.8. The second-order valence-corrected chi connectivity index (χ2v) is 24.1. The summed E-state index contributed by atoms with van der Waals surface area (Å²) in [6.07, 6.45) is 4.52. The number of ether oxygens (including phenoxy) is 2. The number of pyridine rings is 1. The Morgan fingerprint density at radius 2 is 1.62 bits per heavy atom. The maximum Gasteiger partial charge on any atom is 0.163 e. The highest BCUT2D eigenvalue weighted by Crippen LogP contribution is 2.30. The SMILES string of the molecule is CC(O)c1ccn2ncc(-c3cnc4cc(N(COCC[Si](C)(C)C)COCC[Si](C)(C)C)c(F)cc4c3)c2n1. The standard InChI is InChI=1S/C29H42FN5O3Si2/c1-21(36)26-8-9-35-29(33-26)24(18-32-35)23-14-22-15-25(30)28(16-27(22)31-17-23)34(19-37-10-12-39(2,3)4)20-38-11-13-40(5,6)7/h8-9,14-18,21,36H,10-13,19-20H2,1-7H3. The van der Waals surface area contributed by atoms with Crippen molar-refractivity contribution in [1.82, 2.24) is 19.6 Å². The fraction of sp³-hybridized carbons (Fsp3) is 0.483. The molecule has 0 radical (unpaired) electrons. The molecule has 0 aliphatic rings. The van der Waals surface area contributed by atoms with Crippen LogP contribution in [0.4, 0.5) is 10.1 Å². The summed E-state index contributed by atoms with van der Waals surface area (Å²) in [6, 6.07) is 8.98. The third kappa shape index (κ3) is 7.94. The van der Waals surface area contributed by atoms with Crippen LogP contribution in [0.25, 0.3) is 27.7 Å². The molecule has 0 saturated heterocycles. The van der Waals surface area contributed by atoms with E-state index in [1.807, 2.05) is 11.0 Å². The van der Waals surface area contributed by atoms with E-state index in [1.165, 1.54) is 6.07 Å². The van der Waals surface area contributed by atoms with Gasteiger partial charge in [-0.1, -0.05) is 39.3 Å². The average molecular weight is 584 g/mol. The van der Waals surface area contributed by atoms with Crippen molar-refractivity contribution < 1.29 is 19.0 Å². The average Bonchev–Trinajstić information content (AvgIpc) is 3.29. The highest BCUT2D eigenvalue weighted by Gasteiger charge is 2.19. The molecule has 0 spiro atoms. The van der Waals surface area contributed by atoms with Crippen molar-refractivity contribution in [2.24, 2.45) is 0 Å². The van der Waals surface area contributed by atoms with Gasteiger partial charge < -0.3 is 19.5 Å². The van der Waals surface area contributed by atoms with Crippen molar-refractivity contribution in [2.75, 3.05) is 31.6 Å². The van der Waals surface area contributed by atoms with Crippen LogP contribution in [-0.2, 0) is 9.47 Å². The first kappa shape index (κ1) is 30.3. The summed E-state index contributed by atoms with van der Waals surface area (Å²) in [6.45, 7) is 17.3. The number of fused-ring (bicyclic) bond motifs is 2. The lowest BCUT2D eigenvalue weighted by Crippen LogP contribution is -2.32. The molecule has 11 heteroatoms.